The maximum atomic E-state index is 12.2. The van der Waals surface area contributed by atoms with E-state index in [0.29, 0.717) is 24.6 Å². The number of halogens is 4. The largest absolute Gasteiger partial charge is 0.484 e. The standard InChI is InChI=1S/C20H23F3N4O2.HI/c1-24-18(28)16-5-3-4-15(10-16)12-27-19(25-2)26-11-14-6-8-17(9-7-14)29-13-20(21,22)23;/h3-10H,11-13H2,1-2H3,(H,24,28)(H2,25,26,27);1H. The van der Waals surface area contributed by atoms with E-state index in [1.165, 1.54) is 12.1 Å². The number of benzene rings is 2. The molecule has 30 heavy (non-hydrogen) atoms. The number of nitrogens with zero attached hydrogens (tertiary/aromatic N) is 1. The molecule has 0 unspecified atom stereocenters. The molecule has 1 amide bonds. The number of guanidine groups is 1. The lowest BCUT2D eigenvalue weighted by Gasteiger charge is -2.13. The van der Waals surface area contributed by atoms with Crippen LogP contribution in [0, 0.1) is 0 Å². The Hall–Kier alpha value is -2.50. The van der Waals surface area contributed by atoms with Crippen LogP contribution in [-0.2, 0) is 13.1 Å². The molecule has 0 aromatic heterocycles. The molecule has 0 radical (unpaired) electrons. The number of amides is 1. The number of carbonyl (C=O) groups excluding carboxylic acids is 1. The minimum Gasteiger partial charge on any atom is -0.484 e. The Bertz CT molecular complexity index is 843. The Morgan fingerprint density at radius 2 is 1.67 bits per heavy atom. The second-order valence-electron chi connectivity index (χ2n) is 6.11. The monoisotopic (exact) mass is 536 g/mol. The van der Waals surface area contributed by atoms with Crippen molar-refractivity contribution in [2.24, 2.45) is 4.99 Å². The summed E-state index contributed by atoms with van der Waals surface area (Å²) < 4.78 is 41.2. The molecule has 0 bridgehead atoms. The van der Waals surface area contributed by atoms with Crippen LogP contribution in [0.15, 0.2) is 53.5 Å². The molecular weight excluding hydrogens is 512 g/mol. The molecule has 0 aliphatic rings. The predicted molar refractivity (Wildman–Crippen MR) is 120 cm³/mol. The summed E-state index contributed by atoms with van der Waals surface area (Å²) in [4.78, 5) is 15.8. The molecule has 0 aliphatic heterocycles. The Kier molecular flexibility index (Phi) is 10.4. The molecule has 2 aromatic carbocycles. The first-order valence-corrected chi connectivity index (χ1v) is 8.85. The molecule has 3 N–H and O–H groups in total. The topological polar surface area (TPSA) is 74.8 Å². The Morgan fingerprint density at radius 3 is 2.23 bits per heavy atom. The number of carbonyl (C=O) groups is 1. The average Bonchev–Trinajstić information content (AvgIpc) is 2.72. The number of hydrogen-bond acceptors (Lipinski definition) is 3. The van der Waals surface area contributed by atoms with Gasteiger partial charge >= 0.3 is 6.18 Å². The van der Waals surface area contributed by atoms with E-state index in [9.17, 15) is 18.0 Å². The summed E-state index contributed by atoms with van der Waals surface area (Å²) in [5.41, 5.74) is 2.34. The van der Waals surface area contributed by atoms with Crippen LogP contribution in [0.25, 0.3) is 0 Å². The number of aliphatic imine (C=N–C) groups is 1. The molecular formula is C20H24F3IN4O2. The van der Waals surface area contributed by atoms with E-state index in [0.717, 1.165) is 11.1 Å². The van der Waals surface area contributed by atoms with Crippen molar-refractivity contribution in [3.8, 4) is 5.75 Å². The number of nitrogens with one attached hydrogen (secondary N) is 3. The van der Waals surface area contributed by atoms with Crippen LogP contribution in [0.5, 0.6) is 5.75 Å². The highest BCUT2D eigenvalue weighted by atomic mass is 127. The van der Waals surface area contributed by atoms with Gasteiger partial charge < -0.3 is 20.7 Å². The van der Waals surface area contributed by atoms with E-state index in [4.69, 9.17) is 0 Å². The zero-order valence-electron chi connectivity index (χ0n) is 16.5. The van der Waals surface area contributed by atoms with Gasteiger partial charge in [-0.1, -0.05) is 24.3 Å². The minimum absolute atomic E-state index is 0. The normalized spacial score (nSPS) is 11.3. The van der Waals surface area contributed by atoms with Crippen molar-refractivity contribution in [3.05, 3.63) is 65.2 Å². The molecule has 0 fully saturated rings. The summed E-state index contributed by atoms with van der Waals surface area (Å²) in [6.07, 6.45) is -4.36. The predicted octanol–water partition coefficient (Wildman–Crippen LogP) is 3.47. The van der Waals surface area contributed by atoms with Gasteiger partial charge in [0.05, 0.1) is 0 Å². The molecule has 0 aliphatic carbocycles. The summed E-state index contributed by atoms with van der Waals surface area (Å²) in [5, 5.41) is 8.85. The first-order chi connectivity index (χ1) is 13.8. The lowest BCUT2D eigenvalue weighted by atomic mass is 10.1. The van der Waals surface area contributed by atoms with Crippen LogP contribution in [0.2, 0.25) is 0 Å². The van der Waals surface area contributed by atoms with Crippen LogP contribution in [0.3, 0.4) is 0 Å². The van der Waals surface area contributed by atoms with Gasteiger partial charge in [0.2, 0.25) is 0 Å². The number of hydrogen-bond donors (Lipinski definition) is 3. The molecule has 0 saturated carbocycles. The molecule has 10 heteroatoms. The van der Waals surface area contributed by atoms with E-state index >= 15 is 0 Å². The van der Waals surface area contributed by atoms with E-state index in [1.54, 1.807) is 44.4 Å². The highest BCUT2D eigenvalue weighted by molar-refractivity contribution is 14.0. The number of ether oxygens (including phenoxy) is 1. The van der Waals surface area contributed by atoms with Gasteiger partial charge in [0.15, 0.2) is 12.6 Å². The molecule has 2 rings (SSSR count). The van der Waals surface area contributed by atoms with Gasteiger partial charge in [-0.05, 0) is 35.4 Å². The van der Waals surface area contributed by atoms with Gasteiger partial charge in [-0.25, -0.2) is 0 Å². The molecule has 0 atom stereocenters. The summed E-state index contributed by atoms with van der Waals surface area (Å²) >= 11 is 0. The van der Waals surface area contributed by atoms with Crippen molar-refractivity contribution >= 4 is 35.8 Å². The second-order valence-corrected chi connectivity index (χ2v) is 6.11. The van der Waals surface area contributed by atoms with Crippen molar-refractivity contribution < 1.29 is 22.7 Å². The molecule has 6 nitrogen and oxygen atoms in total. The first kappa shape index (κ1) is 25.5. The summed E-state index contributed by atoms with van der Waals surface area (Å²) in [6, 6.07) is 13.6. The van der Waals surface area contributed by atoms with Gasteiger partial charge in [-0.3, -0.25) is 9.79 Å². The van der Waals surface area contributed by atoms with Gasteiger partial charge in [0.1, 0.15) is 5.75 Å². The zero-order chi connectivity index (χ0) is 21.3. The van der Waals surface area contributed by atoms with Gasteiger partial charge in [0, 0.05) is 32.7 Å². The van der Waals surface area contributed by atoms with E-state index < -0.39 is 12.8 Å². The Morgan fingerprint density at radius 1 is 1.03 bits per heavy atom. The van der Waals surface area contributed by atoms with Gasteiger partial charge in [-0.15, -0.1) is 24.0 Å². The quantitative estimate of drug-likeness (QED) is 0.288. The SMILES string of the molecule is CN=C(NCc1ccc(OCC(F)(F)F)cc1)NCc1cccc(C(=O)NC)c1.I. The molecule has 164 valence electrons. The van der Waals surface area contributed by atoms with Crippen LogP contribution in [0.4, 0.5) is 13.2 Å². The highest BCUT2D eigenvalue weighted by Gasteiger charge is 2.28. The number of alkyl halides is 3. The van der Waals surface area contributed by atoms with Crippen LogP contribution in [0.1, 0.15) is 21.5 Å². The van der Waals surface area contributed by atoms with Crippen molar-refractivity contribution in [1.82, 2.24) is 16.0 Å². The van der Waals surface area contributed by atoms with Crippen LogP contribution < -0.4 is 20.7 Å². The maximum absolute atomic E-state index is 12.2. The first-order valence-electron chi connectivity index (χ1n) is 8.85. The molecule has 0 spiro atoms. The van der Waals surface area contributed by atoms with E-state index in [1.807, 2.05) is 6.07 Å². The Balaban J connectivity index is 0.00000450. The van der Waals surface area contributed by atoms with Crippen LogP contribution in [-0.4, -0.2) is 38.7 Å². The summed E-state index contributed by atoms with van der Waals surface area (Å²) in [6.45, 7) is -0.422. The average molecular weight is 536 g/mol. The van der Waals surface area contributed by atoms with Crippen molar-refractivity contribution in [1.29, 1.82) is 0 Å². The second kappa shape index (κ2) is 12.3. The molecule has 2 aromatic rings. The van der Waals surface area contributed by atoms with Crippen LogP contribution >= 0.6 is 24.0 Å². The highest BCUT2D eigenvalue weighted by Crippen LogP contribution is 2.18. The smallest absolute Gasteiger partial charge is 0.422 e. The lowest BCUT2D eigenvalue weighted by molar-refractivity contribution is -0.153. The number of rotatable bonds is 7. The minimum atomic E-state index is -4.36. The fourth-order valence-electron chi connectivity index (χ4n) is 2.43. The zero-order valence-corrected chi connectivity index (χ0v) is 18.9. The van der Waals surface area contributed by atoms with E-state index in [2.05, 4.69) is 25.7 Å². The third kappa shape index (κ3) is 8.89. The maximum Gasteiger partial charge on any atom is 0.422 e. The lowest BCUT2D eigenvalue weighted by Crippen LogP contribution is -2.36. The van der Waals surface area contributed by atoms with Crippen molar-refractivity contribution in [2.45, 2.75) is 19.3 Å². The third-order valence-electron chi connectivity index (χ3n) is 3.89. The fourth-order valence-corrected chi connectivity index (χ4v) is 2.43. The summed E-state index contributed by atoms with van der Waals surface area (Å²) in [5.74, 6) is 0.550. The van der Waals surface area contributed by atoms with E-state index in [-0.39, 0.29) is 35.6 Å². The van der Waals surface area contributed by atoms with Crippen molar-refractivity contribution in [2.75, 3.05) is 20.7 Å². The fraction of sp³-hybridized carbons (Fsp3) is 0.300. The Labute approximate surface area is 190 Å². The summed E-state index contributed by atoms with van der Waals surface area (Å²) in [7, 11) is 3.21. The third-order valence-corrected chi connectivity index (χ3v) is 3.89. The molecule has 0 heterocycles. The van der Waals surface area contributed by atoms with Crippen molar-refractivity contribution in [3.63, 3.8) is 0 Å². The van der Waals surface area contributed by atoms with Gasteiger partial charge in [0.25, 0.3) is 5.91 Å². The van der Waals surface area contributed by atoms with Gasteiger partial charge in [-0.2, -0.15) is 13.2 Å². The molecule has 0 saturated heterocycles.